The van der Waals surface area contributed by atoms with Crippen LogP contribution in [0.1, 0.15) is 138 Å². The first kappa shape index (κ1) is 56.2. The first-order chi connectivity index (χ1) is 35.0. The average Bonchev–Trinajstić information content (AvgIpc) is 3.89. The molecule has 2 aliphatic rings. The minimum Gasteiger partial charge on any atom is -0.367 e. The van der Waals surface area contributed by atoms with E-state index in [-0.39, 0.29) is 46.4 Å². The summed E-state index contributed by atoms with van der Waals surface area (Å²) in [5, 5.41) is 7.65. The topological polar surface area (TPSA) is 18.5 Å². The molecule has 2 aromatic heterocycles. The number of thiophene rings is 2. The molecule has 0 amide bonds. The minimum atomic E-state index is -0.160. The van der Waals surface area contributed by atoms with Crippen molar-refractivity contribution in [3.8, 4) is 0 Å². The van der Waals surface area contributed by atoms with Crippen LogP contribution in [0.3, 0.4) is 0 Å². The van der Waals surface area contributed by atoms with Gasteiger partial charge in [0.15, 0.2) is 0 Å². The summed E-state index contributed by atoms with van der Waals surface area (Å²) in [6, 6.07) is 22.5. The number of nitrogens with zero attached hydrogens (tertiary/aromatic N) is 2. The molecule has 0 saturated heterocycles. The molecular formula is C68H86BN3S2. The number of anilines is 2. The average molecular weight is 1020 g/mol. The Hall–Kier alpha value is -5.56. The number of allylic oxidation sites excluding steroid dienone is 6. The summed E-state index contributed by atoms with van der Waals surface area (Å²) in [5.74, 6) is 2.61. The summed E-state index contributed by atoms with van der Waals surface area (Å²) in [6.07, 6.45) is 31.2. The van der Waals surface area contributed by atoms with Crippen LogP contribution >= 0.6 is 22.7 Å². The number of hydrogen-bond acceptors (Lipinski definition) is 5. The highest BCUT2D eigenvalue weighted by Gasteiger charge is 2.44. The van der Waals surface area contributed by atoms with Crippen molar-refractivity contribution < 1.29 is 0 Å². The molecule has 0 bridgehead atoms. The maximum Gasteiger partial charge on any atom is 0.249 e. The zero-order valence-corrected chi connectivity index (χ0v) is 48.8. The molecule has 3 aromatic carbocycles. The minimum absolute atomic E-state index is 0.0287. The molecule has 0 fully saturated rings. The van der Waals surface area contributed by atoms with Gasteiger partial charge in [0.1, 0.15) is 0 Å². The quantitative estimate of drug-likeness (QED) is 0.0385. The Bertz CT molecular complexity index is 3150. The molecule has 0 saturated carbocycles. The molecule has 3 atom stereocenters. The zero-order valence-electron chi connectivity index (χ0n) is 47.2. The molecule has 0 spiro atoms. The fourth-order valence-corrected chi connectivity index (χ4v) is 13.3. The van der Waals surface area contributed by atoms with Crippen LogP contribution in [0.5, 0.6) is 0 Å². The van der Waals surface area contributed by atoms with Crippen molar-refractivity contribution in [1.82, 2.24) is 5.32 Å². The normalized spacial score (nSPS) is 18.8. The Morgan fingerprint density at radius 3 is 2.18 bits per heavy atom. The van der Waals surface area contributed by atoms with Gasteiger partial charge < -0.3 is 15.1 Å². The molecule has 3 nitrogen and oxygen atoms in total. The van der Waals surface area contributed by atoms with E-state index >= 15 is 0 Å². The van der Waals surface area contributed by atoms with Gasteiger partial charge in [0.2, 0.25) is 6.71 Å². The SMILES string of the molecule is C=C/C=c1\c(=C\N/C=C2\B(/C=C/CCC=C)c3sc4cc5c(cc4c3N(C(/C=C\CC(C)(C)C)=C/CC(C)(C)C)C2CC(=C)N(c2cccc(C)c2)C(C=C)C(C)C=C)C(C)(C)CCC5(C)C)sc2ccccc12. The van der Waals surface area contributed by atoms with Crippen LogP contribution in [0.15, 0.2) is 171 Å². The molecule has 5 aromatic rings. The number of benzene rings is 3. The maximum absolute atomic E-state index is 5.13. The largest absolute Gasteiger partial charge is 0.367 e. The Morgan fingerprint density at radius 1 is 0.824 bits per heavy atom. The van der Waals surface area contributed by atoms with Crippen LogP contribution < -0.4 is 29.6 Å². The summed E-state index contributed by atoms with van der Waals surface area (Å²) in [6.45, 7) is 50.4. The summed E-state index contributed by atoms with van der Waals surface area (Å²) in [7, 11) is 0. The van der Waals surface area contributed by atoms with Crippen molar-refractivity contribution in [3.63, 3.8) is 0 Å². The van der Waals surface area contributed by atoms with E-state index in [0.29, 0.717) is 6.42 Å². The molecule has 3 heterocycles. The van der Waals surface area contributed by atoms with Crippen LogP contribution in [0.2, 0.25) is 0 Å². The Morgan fingerprint density at radius 2 is 1.53 bits per heavy atom. The fraction of sp³-hybridized carbons (Fsp3) is 0.382. The van der Waals surface area contributed by atoms with Crippen molar-refractivity contribution in [2.75, 3.05) is 9.80 Å². The van der Waals surface area contributed by atoms with Crippen LogP contribution in [0, 0.1) is 23.7 Å². The van der Waals surface area contributed by atoms with Crippen molar-refractivity contribution in [3.05, 3.63) is 198 Å². The van der Waals surface area contributed by atoms with Gasteiger partial charge in [-0.25, -0.2) is 0 Å². The van der Waals surface area contributed by atoms with Crippen molar-refractivity contribution in [2.45, 2.75) is 151 Å². The van der Waals surface area contributed by atoms with Gasteiger partial charge in [-0.05, 0) is 132 Å². The van der Waals surface area contributed by atoms with Gasteiger partial charge in [0.05, 0.1) is 22.3 Å². The van der Waals surface area contributed by atoms with Gasteiger partial charge in [-0.2, -0.15) is 0 Å². The smallest absolute Gasteiger partial charge is 0.249 e. The predicted molar refractivity (Wildman–Crippen MR) is 335 cm³/mol. The van der Waals surface area contributed by atoms with Gasteiger partial charge in [-0.1, -0.05) is 174 Å². The highest BCUT2D eigenvalue weighted by Crippen LogP contribution is 2.51. The van der Waals surface area contributed by atoms with Crippen LogP contribution in [0.25, 0.3) is 32.4 Å². The van der Waals surface area contributed by atoms with Crippen LogP contribution in [-0.2, 0) is 10.8 Å². The van der Waals surface area contributed by atoms with E-state index < -0.39 is 0 Å². The van der Waals surface area contributed by atoms with E-state index in [1.54, 1.807) is 0 Å². The second-order valence-corrected chi connectivity index (χ2v) is 26.9. The Balaban J connectivity index is 1.61. The third-order valence-electron chi connectivity index (χ3n) is 15.2. The molecule has 0 radical (unpaired) electrons. The Kier molecular flexibility index (Phi) is 17.6. The van der Waals surface area contributed by atoms with Crippen molar-refractivity contribution in [2.24, 2.45) is 16.7 Å². The van der Waals surface area contributed by atoms with Crippen LogP contribution in [0.4, 0.5) is 11.4 Å². The third kappa shape index (κ3) is 12.6. The number of rotatable bonds is 19. The van der Waals surface area contributed by atoms with Gasteiger partial charge in [-0.15, -0.1) is 48.4 Å². The third-order valence-corrected chi connectivity index (χ3v) is 17.6. The molecule has 1 aliphatic heterocycles. The fourth-order valence-electron chi connectivity index (χ4n) is 10.9. The molecule has 74 heavy (non-hydrogen) atoms. The number of hydrogen-bond donors (Lipinski definition) is 1. The molecular weight excluding hydrogens is 934 g/mol. The monoisotopic (exact) mass is 1020 g/mol. The van der Waals surface area contributed by atoms with Gasteiger partial charge >= 0.3 is 0 Å². The van der Waals surface area contributed by atoms with Crippen molar-refractivity contribution in [1.29, 1.82) is 0 Å². The van der Waals surface area contributed by atoms with E-state index in [0.717, 1.165) is 43.5 Å². The number of unbranched alkanes of at least 4 members (excludes halogenated alkanes) is 1. The first-order valence-electron chi connectivity index (χ1n) is 27.1. The lowest BCUT2D eigenvalue weighted by atomic mass is 9.39. The lowest BCUT2D eigenvalue weighted by molar-refractivity contribution is 0.332. The summed E-state index contributed by atoms with van der Waals surface area (Å²) in [4.78, 5) is 5.20. The summed E-state index contributed by atoms with van der Waals surface area (Å²) < 4.78 is 5.14. The van der Waals surface area contributed by atoms with Gasteiger partial charge in [0.25, 0.3) is 0 Å². The Labute approximate surface area is 455 Å². The number of nitrogens with one attached hydrogen (secondary N) is 1. The molecule has 6 heteroatoms. The second-order valence-electron chi connectivity index (χ2n) is 24.7. The zero-order chi connectivity index (χ0) is 53.8. The second kappa shape index (κ2) is 23.1. The molecule has 388 valence electrons. The number of aryl methyl sites for hydroxylation is 1. The lowest BCUT2D eigenvalue weighted by Gasteiger charge is -2.45. The van der Waals surface area contributed by atoms with Crippen molar-refractivity contribution >= 4 is 78.0 Å². The number of fused-ring (bicyclic) bond motifs is 5. The van der Waals surface area contributed by atoms with E-state index in [1.807, 2.05) is 34.8 Å². The molecule has 7 rings (SSSR count). The summed E-state index contributed by atoms with van der Waals surface area (Å²) in [5.41, 5.74) is 10.4. The molecule has 3 unspecified atom stereocenters. The van der Waals surface area contributed by atoms with E-state index in [2.05, 4.69) is 246 Å². The van der Waals surface area contributed by atoms with Crippen LogP contribution in [-0.4, -0.2) is 18.8 Å². The maximum atomic E-state index is 5.13. The first-order valence-corrected chi connectivity index (χ1v) is 28.8. The van der Waals surface area contributed by atoms with E-state index in [4.69, 9.17) is 6.58 Å². The lowest BCUT2D eigenvalue weighted by Crippen LogP contribution is -2.52. The summed E-state index contributed by atoms with van der Waals surface area (Å²) >= 11 is 3.80. The van der Waals surface area contributed by atoms with Gasteiger partial charge in [-0.3, -0.25) is 0 Å². The van der Waals surface area contributed by atoms with E-state index in [9.17, 15) is 0 Å². The van der Waals surface area contributed by atoms with Gasteiger partial charge in [0, 0.05) is 59.9 Å². The standard InChI is InChI=1S/C68H86BN3S2/c1-18-22-23-26-40-69-57(45-70-46-62-52(29-19-2)53-33-24-25-34-60(53)73-62)59(42-49(7)71(58(21-4)48(6)20-3)51-31-27-30-47(5)41-51)72(50(35-37-66(11,12)13)32-28-36-65(8,9)10)63-54-43-55-56(44-61(54)74-64(63)69)68(16,17)39-38-67(55,14)15/h18-21,24-35,40-41,43-46,48,58-59,70H,1-4,7,22-23,36-39,42H2,5-6,8-17H3/b32-28-,40-26+,50-35+,52-29-,57-45-,62-46-. The highest BCUT2D eigenvalue weighted by molar-refractivity contribution is 7.31. The predicted octanol–water partition coefficient (Wildman–Crippen LogP) is 17.2. The van der Waals surface area contributed by atoms with E-state index in [1.165, 1.54) is 74.7 Å². The molecule has 1 aliphatic carbocycles. The molecule has 1 N–H and O–H groups in total. The highest BCUT2D eigenvalue weighted by atomic mass is 32.1.